The Morgan fingerprint density at radius 2 is 1.70 bits per heavy atom. The predicted molar refractivity (Wildman–Crippen MR) is 139 cm³/mol. The molecule has 3 rings (SSSR count). The molecule has 0 aromatic heterocycles. The number of rotatable bonds is 4. The number of allylic oxidation sites excluding steroid dienone is 1. The van der Waals surface area contributed by atoms with Crippen molar-refractivity contribution >= 4 is 11.8 Å². The molecule has 194 valence electrons. The van der Waals surface area contributed by atoms with Crippen LogP contribution < -0.4 is 0 Å². The lowest BCUT2D eigenvalue weighted by molar-refractivity contribution is -0.164. The van der Waals surface area contributed by atoms with Crippen LogP contribution in [0, 0.1) is 23.2 Å². The molecular weight excluding hydrogens is 412 g/mol. The van der Waals surface area contributed by atoms with Crippen LogP contribution in [0.1, 0.15) is 121 Å². The topological polar surface area (TPSA) is 52.6 Å². The van der Waals surface area contributed by atoms with Crippen LogP contribution in [-0.4, -0.2) is 30.6 Å². The Morgan fingerprint density at radius 3 is 2.30 bits per heavy atom. The molecule has 3 unspecified atom stereocenters. The van der Waals surface area contributed by atoms with E-state index in [-0.39, 0.29) is 31.1 Å². The number of carbonyl (C=O) groups excluding carboxylic acids is 2. The number of Topliss-reactive ketones (excluding diaryl/α,β-unsaturated/α-hetero) is 1. The zero-order valence-corrected chi connectivity index (χ0v) is 22.8. The monoisotopic (exact) mass is 466 g/mol. The fourth-order valence-electron chi connectivity index (χ4n) is 5.63. The van der Waals surface area contributed by atoms with Gasteiger partial charge in [-0.3, -0.25) is 9.59 Å². The summed E-state index contributed by atoms with van der Waals surface area (Å²) in [6.45, 7) is 18.9. The molecule has 1 spiro atoms. The van der Waals surface area contributed by atoms with Crippen LogP contribution in [0.25, 0.3) is 0 Å². The van der Waals surface area contributed by atoms with Crippen LogP contribution in [-0.2, 0) is 19.1 Å². The molecule has 2 saturated carbocycles. The molecule has 0 aromatic carbocycles. The number of hydrogen-bond donors (Lipinski definition) is 0. The maximum absolute atomic E-state index is 12.8. The van der Waals surface area contributed by atoms with Crippen molar-refractivity contribution in [1.29, 1.82) is 0 Å². The molecule has 33 heavy (non-hydrogen) atoms. The lowest BCUT2D eigenvalue weighted by Gasteiger charge is -2.46. The average molecular weight is 467 g/mol. The van der Waals surface area contributed by atoms with Gasteiger partial charge >= 0.3 is 5.97 Å². The van der Waals surface area contributed by atoms with E-state index in [0.717, 1.165) is 38.0 Å². The SMILES string of the molecule is C=C1CCC(CCC2CC(C(=O)OC(C)(C)C)CCC23CCC(=O)COC3)CC1.CC.CC.[HH]. The van der Waals surface area contributed by atoms with Crippen molar-refractivity contribution in [3.63, 3.8) is 0 Å². The molecular formula is C29H54O4. The molecule has 3 fully saturated rings. The summed E-state index contributed by atoms with van der Waals surface area (Å²) in [6.07, 6.45) is 11.4. The zero-order valence-electron chi connectivity index (χ0n) is 22.8. The van der Waals surface area contributed by atoms with Gasteiger partial charge in [0.1, 0.15) is 12.2 Å². The van der Waals surface area contributed by atoms with Gasteiger partial charge in [0.2, 0.25) is 0 Å². The van der Waals surface area contributed by atoms with Gasteiger partial charge in [-0.1, -0.05) is 46.3 Å². The van der Waals surface area contributed by atoms with E-state index in [1.165, 1.54) is 37.7 Å². The molecule has 0 radical (unpaired) electrons. The van der Waals surface area contributed by atoms with Crippen molar-refractivity contribution in [2.24, 2.45) is 23.2 Å². The van der Waals surface area contributed by atoms with Crippen LogP contribution in [0.3, 0.4) is 0 Å². The molecule has 0 amide bonds. The molecule has 1 saturated heterocycles. The van der Waals surface area contributed by atoms with Crippen LogP contribution in [0.5, 0.6) is 0 Å². The molecule has 4 heteroatoms. The second kappa shape index (κ2) is 14.3. The van der Waals surface area contributed by atoms with E-state index in [0.29, 0.717) is 18.9 Å². The first kappa shape index (κ1) is 29.9. The minimum atomic E-state index is -0.440. The van der Waals surface area contributed by atoms with Crippen molar-refractivity contribution in [2.45, 2.75) is 125 Å². The highest BCUT2D eigenvalue weighted by Gasteiger charge is 2.46. The summed E-state index contributed by atoms with van der Waals surface area (Å²) in [5, 5.41) is 0. The smallest absolute Gasteiger partial charge is 0.309 e. The van der Waals surface area contributed by atoms with Gasteiger partial charge in [0.15, 0.2) is 5.78 Å². The van der Waals surface area contributed by atoms with Gasteiger partial charge in [-0.25, -0.2) is 0 Å². The largest absolute Gasteiger partial charge is 0.460 e. The van der Waals surface area contributed by atoms with Crippen molar-refractivity contribution in [1.82, 2.24) is 0 Å². The Bertz CT molecular complexity index is 614. The minimum absolute atomic E-state index is 0. The Morgan fingerprint density at radius 1 is 1.06 bits per heavy atom. The van der Waals surface area contributed by atoms with Gasteiger partial charge < -0.3 is 9.47 Å². The van der Waals surface area contributed by atoms with E-state index >= 15 is 0 Å². The fraction of sp³-hybridized carbons (Fsp3) is 0.862. The lowest BCUT2D eigenvalue weighted by Crippen LogP contribution is -2.43. The summed E-state index contributed by atoms with van der Waals surface area (Å²) in [5.74, 6) is 1.37. The number of esters is 1. The van der Waals surface area contributed by atoms with E-state index < -0.39 is 5.60 Å². The Balaban J connectivity index is 0.00000207. The van der Waals surface area contributed by atoms with Crippen LogP contribution in [0.4, 0.5) is 0 Å². The molecule has 0 bridgehead atoms. The van der Waals surface area contributed by atoms with Gasteiger partial charge in [-0.2, -0.15) is 0 Å². The highest BCUT2D eigenvalue weighted by Crippen LogP contribution is 2.51. The Kier molecular flexibility index (Phi) is 12.9. The maximum Gasteiger partial charge on any atom is 0.309 e. The van der Waals surface area contributed by atoms with Crippen molar-refractivity contribution in [2.75, 3.05) is 13.2 Å². The molecule has 4 nitrogen and oxygen atoms in total. The highest BCUT2D eigenvalue weighted by molar-refractivity contribution is 5.80. The summed E-state index contributed by atoms with van der Waals surface area (Å²) < 4.78 is 11.6. The fourth-order valence-corrected chi connectivity index (χ4v) is 5.63. The van der Waals surface area contributed by atoms with Gasteiger partial charge in [0, 0.05) is 7.85 Å². The van der Waals surface area contributed by atoms with Crippen molar-refractivity contribution < 1.29 is 20.5 Å². The predicted octanol–water partition coefficient (Wildman–Crippen LogP) is 7.94. The molecule has 1 heterocycles. The molecule has 3 atom stereocenters. The van der Waals surface area contributed by atoms with E-state index in [2.05, 4.69) is 6.58 Å². The maximum atomic E-state index is 12.8. The van der Waals surface area contributed by atoms with Gasteiger partial charge in [-0.15, -0.1) is 0 Å². The van der Waals surface area contributed by atoms with Gasteiger partial charge in [0.05, 0.1) is 12.5 Å². The Hall–Kier alpha value is -1.16. The number of ether oxygens (including phenoxy) is 2. The van der Waals surface area contributed by atoms with Gasteiger partial charge in [0.25, 0.3) is 0 Å². The summed E-state index contributed by atoms with van der Waals surface area (Å²) in [4.78, 5) is 24.7. The normalized spacial score (nSPS) is 28.7. The van der Waals surface area contributed by atoms with Crippen LogP contribution in [0.15, 0.2) is 12.2 Å². The second-order valence-electron chi connectivity index (χ2n) is 10.9. The highest BCUT2D eigenvalue weighted by atomic mass is 16.6. The third-order valence-electron chi connectivity index (χ3n) is 7.46. The van der Waals surface area contributed by atoms with E-state index in [1.54, 1.807) is 0 Å². The number of carbonyl (C=O) groups is 2. The molecule has 0 N–H and O–H groups in total. The molecule has 1 aliphatic heterocycles. The first-order valence-electron chi connectivity index (χ1n) is 13.7. The number of hydrogen-bond acceptors (Lipinski definition) is 4. The summed E-state index contributed by atoms with van der Waals surface area (Å²) in [6, 6.07) is 0. The van der Waals surface area contributed by atoms with E-state index in [9.17, 15) is 9.59 Å². The summed E-state index contributed by atoms with van der Waals surface area (Å²) in [5.41, 5.74) is 1.02. The van der Waals surface area contributed by atoms with Gasteiger partial charge in [-0.05, 0) is 95.8 Å². The van der Waals surface area contributed by atoms with Crippen LogP contribution >= 0.6 is 0 Å². The van der Waals surface area contributed by atoms with Crippen molar-refractivity contribution in [3.8, 4) is 0 Å². The quantitative estimate of drug-likeness (QED) is 0.312. The molecule has 0 aromatic rings. The summed E-state index contributed by atoms with van der Waals surface area (Å²) >= 11 is 0. The molecule has 2 aliphatic carbocycles. The standard InChI is InChI=1S/C25H40O4.2C2H6.H2/c1-18-5-7-19(8-6-18)9-10-21-15-20(23(27)29-24(2,3)4)11-13-25(21)14-12-22(26)16-28-17-25;2*1-2;/h19-21H,1,5-17H2,2-4H3;2*1-2H3;1H. The zero-order chi connectivity index (χ0) is 25.1. The molecule has 3 aliphatic rings. The third kappa shape index (κ3) is 9.54. The van der Waals surface area contributed by atoms with Crippen LogP contribution in [0.2, 0.25) is 0 Å². The van der Waals surface area contributed by atoms with Crippen molar-refractivity contribution in [3.05, 3.63) is 12.2 Å². The van der Waals surface area contributed by atoms with E-state index in [4.69, 9.17) is 9.47 Å². The van der Waals surface area contributed by atoms with E-state index in [1.807, 2.05) is 48.5 Å². The first-order chi connectivity index (χ1) is 15.7. The summed E-state index contributed by atoms with van der Waals surface area (Å²) in [7, 11) is 0. The third-order valence-corrected chi connectivity index (χ3v) is 7.46. The first-order valence-corrected chi connectivity index (χ1v) is 13.7. The second-order valence-corrected chi connectivity index (χ2v) is 10.9. The number of ketones is 1. The Labute approximate surface area is 205 Å². The lowest BCUT2D eigenvalue weighted by atomic mass is 9.60. The average Bonchev–Trinajstić information content (AvgIpc) is 2.98. The minimum Gasteiger partial charge on any atom is -0.460 e.